The second-order valence-electron chi connectivity index (χ2n) is 17.1. The molecule has 1 atom stereocenters. The van der Waals surface area contributed by atoms with Gasteiger partial charge in [0.1, 0.15) is 0 Å². The largest absolute Gasteiger partial charge is 0.309 e. The first-order valence-corrected chi connectivity index (χ1v) is 23.5. The molecule has 0 spiro atoms. The van der Waals surface area contributed by atoms with Crippen molar-refractivity contribution in [3.8, 4) is 40.3 Å². The third kappa shape index (κ3) is 11.9. The van der Waals surface area contributed by atoms with E-state index in [0.29, 0.717) is 6.54 Å². The summed E-state index contributed by atoms with van der Waals surface area (Å²) in [6.45, 7) is 19.3. The lowest BCUT2D eigenvalue weighted by atomic mass is 9.93. The molecule has 1 unspecified atom stereocenters. The van der Waals surface area contributed by atoms with E-state index in [1.54, 1.807) is 6.08 Å². The molecule has 0 radical (unpaired) electrons. The minimum atomic E-state index is -0.249. The molecule has 68 heavy (non-hydrogen) atoms. The van der Waals surface area contributed by atoms with Crippen molar-refractivity contribution in [1.82, 2.24) is 9.88 Å². The van der Waals surface area contributed by atoms with Crippen LogP contribution in [0.1, 0.15) is 53.6 Å². The van der Waals surface area contributed by atoms with Crippen LogP contribution in [0.2, 0.25) is 0 Å². The second-order valence-corrected chi connectivity index (χ2v) is 17.1. The van der Waals surface area contributed by atoms with Gasteiger partial charge in [-0.1, -0.05) is 214 Å². The molecule has 1 heterocycles. The Hall–Kier alpha value is -7.96. The molecule has 0 aliphatic rings. The minimum absolute atomic E-state index is 0.249. The normalized spacial score (nSPS) is 11.7. The monoisotopic (exact) mass is 882 g/mol. The number of hydrogen-bond donors (Lipinski definition) is 1. The number of aromatic nitrogens is 1. The molecule has 0 aliphatic heterocycles. The first-order valence-electron chi connectivity index (χ1n) is 23.5. The summed E-state index contributed by atoms with van der Waals surface area (Å²) in [5.41, 5.74) is 19.3. The number of allylic oxidation sites excluding steroid dienone is 4. The number of benzene rings is 8. The number of hydrogen-bond acceptors (Lipinski definition) is 1. The van der Waals surface area contributed by atoms with Crippen molar-refractivity contribution in [2.24, 2.45) is 0 Å². The molecule has 336 valence electrons. The quantitative estimate of drug-likeness (QED) is 0.0955. The number of aryl methyl sites for hydroxylation is 3. The molecule has 0 aliphatic carbocycles. The average Bonchev–Trinajstić information content (AvgIpc) is 3.71. The van der Waals surface area contributed by atoms with Crippen LogP contribution in [0.15, 0.2) is 237 Å². The van der Waals surface area contributed by atoms with E-state index < -0.39 is 0 Å². The van der Waals surface area contributed by atoms with Gasteiger partial charge in [-0.05, 0) is 137 Å². The third-order valence-electron chi connectivity index (χ3n) is 12.4. The minimum Gasteiger partial charge on any atom is -0.309 e. The first-order chi connectivity index (χ1) is 33.2. The Kier molecular flexibility index (Phi) is 16.6. The van der Waals surface area contributed by atoms with Gasteiger partial charge in [-0.25, -0.2) is 0 Å². The fraction of sp³-hybridized carbons (Fsp3) is 0.121. The Bertz CT molecular complexity index is 3210. The van der Waals surface area contributed by atoms with Crippen LogP contribution in [-0.4, -0.2) is 10.6 Å². The smallest absolute Gasteiger partial charge is 0.0945 e. The van der Waals surface area contributed by atoms with Crippen molar-refractivity contribution < 1.29 is 0 Å². The molecule has 0 saturated heterocycles. The lowest BCUT2D eigenvalue weighted by Gasteiger charge is -2.16. The fourth-order valence-electron chi connectivity index (χ4n) is 8.46. The Balaban J connectivity index is 0.000000337. The average molecular weight is 883 g/mol. The van der Waals surface area contributed by atoms with Gasteiger partial charge in [0, 0.05) is 23.0 Å². The van der Waals surface area contributed by atoms with Gasteiger partial charge in [0.15, 0.2) is 0 Å². The molecular formula is C66H62N2. The molecule has 2 nitrogen and oxygen atoms in total. The van der Waals surface area contributed by atoms with Crippen molar-refractivity contribution in [2.45, 2.75) is 53.6 Å². The van der Waals surface area contributed by atoms with Crippen molar-refractivity contribution in [3.63, 3.8) is 0 Å². The summed E-state index contributed by atoms with van der Waals surface area (Å²) in [5, 5.41) is 5.97. The summed E-state index contributed by atoms with van der Waals surface area (Å²) in [7, 11) is 0. The summed E-state index contributed by atoms with van der Waals surface area (Å²) >= 11 is 0. The maximum atomic E-state index is 6.04. The van der Waals surface area contributed by atoms with E-state index >= 15 is 0 Å². The standard InChI is InChI=1S/C49H42N2.C10H12.C7H8/c1-6-15-41(47(7-2)50-33-37-17-9-8-10-18-37)30-36(5)39-26-29-49-46(31-39)44-20-13-14-21-48(44)51(49)42-27-24-38(25-28-42)40-23-22-35(4)45(32-40)43-19-12-11-16-34(43)3;1-3-9(2)10-7-5-4-6-8-10;1-7-5-3-2-4-6-7/h2,6,8-32,47,50H,1,33H2,3-5H3;4-8H,2-3H2,1H3;2-6H,1H3/b36-30+,41-15+;;. The van der Waals surface area contributed by atoms with Gasteiger partial charge in [0.25, 0.3) is 0 Å². The molecule has 8 aromatic carbocycles. The summed E-state index contributed by atoms with van der Waals surface area (Å²) in [4.78, 5) is 0. The summed E-state index contributed by atoms with van der Waals surface area (Å²) in [6.07, 6.45) is 13.1. The van der Waals surface area contributed by atoms with Gasteiger partial charge in [-0.3, -0.25) is 5.32 Å². The number of nitrogens with zero attached hydrogens (tertiary/aromatic N) is 1. The Morgan fingerprint density at radius 2 is 1.22 bits per heavy atom. The number of terminal acetylenes is 1. The van der Waals surface area contributed by atoms with Crippen molar-refractivity contribution in [3.05, 3.63) is 271 Å². The van der Waals surface area contributed by atoms with E-state index in [2.05, 4.69) is 215 Å². The van der Waals surface area contributed by atoms with E-state index in [0.717, 1.165) is 28.8 Å². The van der Waals surface area contributed by atoms with Gasteiger partial charge in [0.05, 0.1) is 17.1 Å². The molecule has 0 amide bonds. The van der Waals surface area contributed by atoms with E-state index in [1.807, 2.05) is 60.7 Å². The maximum Gasteiger partial charge on any atom is 0.0945 e. The predicted octanol–water partition coefficient (Wildman–Crippen LogP) is 17.1. The van der Waals surface area contributed by atoms with E-state index in [9.17, 15) is 0 Å². The van der Waals surface area contributed by atoms with Crippen LogP contribution >= 0.6 is 0 Å². The zero-order chi connectivity index (χ0) is 47.8. The van der Waals surface area contributed by atoms with Gasteiger partial charge < -0.3 is 4.57 Å². The zero-order valence-electron chi connectivity index (χ0n) is 40.2. The number of para-hydroxylation sites is 1. The van der Waals surface area contributed by atoms with Gasteiger partial charge in [-0.15, -0.1) is 6.42 Å². The lowest BCUT2D eigenvalue weighted by Crippen LogP contribution is -2.28. The Labute approximate surface area is 405 Å². The van der Waals surface area contributed by atoms with Crippen LogP contribution in [-0.2, 0) is 6.54 Å². The van der Waals surface area contributed by atoms with Crippen LogP contribution in [0.5, 0.6) is 0 Å². The van der Waals surface area contributed by atoms with E-state index in [-0.39, 0.29) is 6.04 Å². The molecule has 0 fully saturated rings. The highest BCUT2D eigenvalue weighted by molar-refractivity contribution is 6.10. The van der Waals surface area contributed by atoms with Crippen LogP contribution in [0.25, 0.3) is 60.9 Å². The van der Waals surface area contributed by atoms with Crippen LogP contribution in [0.4, 0.5) is 0 Å². The molecule has 0 bridgehead atoms. The highest BCUT2D eigenvalue weighted by Crippen LogP contribution is 2.36. The lowest BCUT2D eigenvalue weighted by molar-refractivity contribution is 0.674. The molecule has 1 N–H and O–H groups in total. The van der Waals surface area contributed by atoms with Gasteiger partial charge >= 0.3 is 0 Å². The summed E-state index contributed by atoms with van der Waals surface area (Å²) in [5.74, 6) is 2.94. The SMILES string of the molecule is C#CC(NCc1ccccc1)C(/C=C(\C)c1ccc2c(c1)c1ccccc1n2-c1ccc(-c2ccc(C)c(-c3ccccc3C)c2)cc1)=C/C=C.C=C(CC)c1ccccc1.Cc1ccccc1. The van der Waals surface area contributed by atoms with Gasteiger partial charge in [-0.2, -0.15) is 0 Å². The number of fused-ring (bicyclic) bond motifs is 3. The van der Waals surface area contributed by atoms with Gasteiger partial charge in [0.2, 0.25) is 0 Å². The van der Waals surface area contributed by atoms with E-state index in [1.165, 1.54) is 77.5 Å². The second kappa shape index (κ2) is 23.5. The summed E-state index contributed by atoms with van der Waals surface area (Å²) < 4.78 is 2.37. The molecule has 2 heteroatoms. The zero-order valence-corrected chi connectivity index (χ0v) is 40.2. The number of rotatable bonds is 12. The Morgan fingerprint density at radius 3 is 1.87 bits per heavy atom. The molecular weight excluding hydrogens is 821 g/mol. The van der Waals surface area contributed by atoms with Crippen molar-refractivity contribution in [2.75, 3.05) is 0 Å². The van der Waals surface area contributed by atoms with Crippen molar-refractivity contribution in [1.29, 1.82) is 0 Å². The first kappa shape index (κ1) is 48.0. The molecule has 0 saturated carbocycles. The van der Waals surface area contributed by atoms with E-state index in [4.69, 9.17) is 6.42 Å². The molecule has 9 rings (SSSR count). The molecule has 9 aromatic rings. The third-order valence-corrected chi connectivity index (χ3v) is 12.4. The van der Waals surface area contributed by atoms with Crippen LogP contribution in [0.3, 0.4) is 0 Å². The van der Waals surface area contributed by atoms with Crippen LogP contribution in [0, 0.1) is 33.1 Å². The molecule has 1 aromatic heterocycles. The fourth-order valence-corrected chi connectivity index (χ4v) is 8.46. The maximum absolute atomic E-state index is 6.04. The number of nitrogens with one attached hydrogen (secondary N) is 1. The Morgan fingerprint density at radius 1 is 0.618 bits per heavy atom. The summed E-state index contributed by atoms with van der Waals surface area (Å²) in [6, 6.07) is 70.4. The highest BCUT2D eigenvalue weighted by atomic mass is 15.0. The van der Waals surface area contributed by atoms with Crippen molar-refractivity contribution >= 4 is 33.0 Å². The van der Waals surface area contributed by atoms with Crippen LogP contribution < -0.4 is 5.32 Å². The topological polar surface area (TPSA) is 17.0 Å². The highest BCUT2D eigenvalue weighted by Gasteiger charge is 2.15. The predicted molar refractivity (Wildman–Crippen MR) is 296 cm³/mol.